The Bertz CT molecular complexity index is 821. The molecule has 8 nitrogen and oxygen atoms in total. The van der Waals surface area contributed by atoms with Crippen molar-refractivity contribution in [3.8, 4) is 11.5 Å². The maximum absolute atomic E-state index is 12.3. The summed E-state index contributed by atoms with van der Waals surface area (Å²) in [6.45, 7) is 3.64. The molecule has 0 bridgehead atoms. The van der Waals surface area contributed by atoms with Gasteiger partial charge in [-0.3, -0.25) is 19.7 Å². The fourth-order valence-electron chi connectivity index (χ4n) is 2.18. The van der Waals surface area contributed by atoms with Gasteiger partial charge in [0.15, 0.2) is 17.6 Å². The summed E-state index contributed by atoms with van der Waals surface area (Å²) < 4.78 is 11.0. The van der Waals surface area contributed by atoms with E-state index in [0.717, 1.165) is 0 Å². The molecule has 0 saturated heterocycles. The summed E-state index contributed by atoms with van der Waals surface area (Å²) in [6.07, 6.45) is -0.271. The minimum Gasteiger partial charge on any atom is -0.490 e. The van der Waals surface area contributed by atoms with Gasteiger partial charge in [-0.25, -0.2) is 0 Å². The average molecular weight is 358 g/mol. The van der Waals surface area contributed by atoms with Gasteiger partial charge in [0.25, 0.3) is 11.6 Å². The summed E-state index contributed by atoms with van der Waals surface area (Å²) >= 11 is 0. The van der Waals surface area contributed by atoms with E-state index in [-0.39, 0.29) is 11.4 Å². The number of hydrogen-bond acceptors (Lipinski definition) is 6. The molecule has 26 heavy (non-hydrogen) atoms. The molecule has 0 aliphatic rings. The Kier molecular flexibility index (Phi) is 6.26. The van der Waals surface area contributed by atoms with Crippen LogP contribution in [0, 0.1) is 10.1 Å². The zero-order valence-electron chi connectivity index (χ0n) is 14.3. The highest BCUT2D eigenvalue weighted by Gasteiger charge is 2.21. The molecule has 0 unspecified atom stereocenters. The molecule has 0 radical (unpaired) electrons. The molecule has 2 aromatic carbocycles. The zero-order chi connectivity index (χ0) is 19.1. The molecule has 0 spiro atoms. The van der Waals surface area contributed by atoms with E-state index in [1.165, 1.54) is 43.3 Å². The van der Waals surface area contributed by atoms with E-state index in [4.69, 9.17) is 9.47 Å². The Morgan fingerprint density at radius 3 is 2.65 bits per heavy atom. The number of para-hydroxylation sites is 2. The van der Waals surface area contributed by atoms with Crippen LogP contribution in [0.3, 0.4) is 0 Å². The molecule has 0 saturated carbocycles. The Labute approximate surface area is 149 Å². The Morgan fingerprint density at radius 1 is 1.27 bits per heavy atom. The quantitative estimate of drug-likeness (QED) is 0.441. The van der Waals surface area contributed by atoms with Crippen LogP contribution in [0.1, 0.15) is 24.2 Å². The fourth-order valence-corrected chi connectivity index (χ4v) is 2.18. The summed E-state index contributed by atoms with van der Waals surface area (Å²) in [7, 11) is 0. The number of amides is 1. The summed E-state index contributed by atoms with van der Waals surface area (Å²) in [6, 6.07) is 10.4. The van der Waals surface area contributed by atoms with Crippen LogP contribution >= 0.6 is 0 Å². The Balaban J connectivity index is 2.15. The van der Waals surface area contributed by atoms with E-state index in [1.54, 1.807) is 13.0 Å². The lowest BCUT2D eigenvalue weighted by Gasteiger charge is -2.17. The minimum absolute atomic E-state index is 0.0827. The number of carbonyl (C=O) groups is 2. The van der Waals surface area contributed by atoms with E-state index >= 15 is 0 Å². The van der Waals surface area contributed by atoms with Crippen molar-refractivity contribution in [2.45, 2.75) is 20.0 Å². The molecule has 1 N–H and O–H groups in total. The third kappa shape index (κ3) is 4.56. The van der Waals surface area contributed by atoms with Crippen molar-refractivity contribution in [3.63, 3.8) is 0 Å². The predicted octanol–water partition coefficient (Wildman–Crippen LogP) is 3.21. The van der Waals surface area contributed by atoms with Crippen LogP contribution in [-0.2, 0) is 4.79 Å². The number of anilines is 1. The number of carbonyl (C=O) groups excluding carboxylic acids is 2. The number of nitrogens with one attached hydrogen (secondary N) is 1. The molecule has 0 aliphatic carbocycles. The maximum Gasteiger partial charge on any atom is 0.292 e. The third-order valence-corrected chi connectivity index (χ3v) is 3.44. The van der Waals surface area contributed by atoms with Crippen LogP contribution in [0.2, 0.25) is 0 Å². The lowest BCUT2D eigenvalue weighted by molar-refractivity contribution is -0.383. The monoisotopic (exact) mass is 358 g/mol. The first-order valence-corrected chi connectivity index (χ1v) is 7.89. The molecule has 0 aliphatic heterocycles. The van der Waals surface area contributed by atoms with Crippen LogP contribution in [-0.4, -0.2) is 29.8 Å². The molecule has 2 aromatic rings. The summed E-state index contributed by atoms with van der Waals surface area (Å²) in [5.74, 6) is 0.0753. The van der Waals surface area contributed by atoms with Gasteiger partial charge in [0.05, 0.1) is 11.5 Å². The van der Waals surface area contributed by atoms with Crippen molar-refractivity contribution in [2.24, 2.45) is 0 Å². The van der Waals surface area contributed by atoms with E-state index in [9.17, 15) is 19.7 Å². The van der Waals surface area contributed by atoms with Crippen LogP contribution < -0.4 is 14.8 Å². The first kappa shape index (κ1) is 18.9. The first-order valence-electron chi connectivity index (χ1n) is 7.89. The van der Waals surface area contributed by atoms with Gasteiger partial charge in [-0.05, 0) is 38.1 Å². The predicted molar refractivity (Wildman–Crippen MR) is 94.8 cm³/mol. The molecular formula is C18H18N2O6. The van der Waals surface area contributed by atoms with Crippen LogP contribution in [0.4, 0.5) is 11.4 Å². The summed E-state index contributed by atoms with van der Waals surface area (Å²) in [5.41, 5.74) is 0.287. The van der Waals surface area contributed by atoms with Crippen molar-refractivity contribution in [1.29, 1.82) is 0 Å². The normalized spacial score (nSPS) is 11.3. The van der Waals surface area contributed by atoms with Crippen molar-refractivity contribution >= 4 is 23.6 Å². The number of rotatable bonds is 8. The van der Waals surface area contributed by atoms with Crippen LogP contribution in [0.15, 0.2) is 42.5 Å². The van der Waals surface area contributed by atoms with Crippen molar-refractivity contribution in [3.05, 3.63) is 58.1 Å². The lowest BCUT2D eigenvalue weighted by atomic mass is 10.2. The van der Waals surface area contributed by atoms with Gasteiger partial charge in [0.1, 0.15) is 12.0 Å². The molecule has 0 heterocycles. The zero-order valence-corrected chi connectivity index (χ0v) is 14.3. The number of nitro benzene ring substituents is 1. The minimum atomic E-state index is -0.948. The molecule has 0 fully saturated rings. The number of nitrogens with zero attached hydrogens (tertiary/aromatic N) is 1. The number of benzene rings is 2. The van der Waals surface area contributed by atoms with Crippen molar-refractivity contribution in [2.75, 3.05) is 11.9 Å². The largest absolute Gasteiger partial charge is 0.490 e. The van der Waals surface area contributed by atoms with Gasteiger partial charge in [-0.15, -0.1) is 0 Å². The van der Waals surface area contributed by atoms with Gasteiger partial charge in [-0.2, -0.15) is 0 Å². The molecule has 1 atom stereocenters. The topological polar surface area (TPSA) is 108 Å². The second-order valence-electron chi connectivity index (χ2n) is 5.28. The van der Waals surface area contributed by atoms with Crippen LogP contribution in [0.25, 0.3) is 0 Å². The van der Waals surface area contributed by atoms with E-state index in [2.05, 4.69) is 5.32 Å². The fraction of sp³-hybridized carbons (Fsp3) is 0.222. The highest BCUT2D eigenvalue weighted by Crippen LogP contribution is 2.29. The Morgan fingerprint density at radius 2 is 2.00 bits per heavy atom. The van der Waals surface area contributed by atoms with Gasteiger partial charge in [-0.1, -0.05) is 12.1 Å². The molecule has 1 amide bonds. The van der Waals surface area contributed by atoms with Crippen molar-refractivity contribution in [1.82, 2.24) is 0 Å². The second kappa shape index (κ2) is 8.61. The Hall–Kier alpha value is -3.42. The summed E-state index contributed by atoms with van der Waals surface area (Å²) in [4.78, 5) is 33.6. The standard InChI is InChI=1S/C18H18N2O6/c1-3-25-17-10-13(11-21)8-9-16(17)26-12(2)18(22)19-14-6-4-5-7-15(14)20(23)24/h4-12H,3H2,1-2H3,(H,19,22)/t12-/m1/s1. The van der Waals surface area contributed by atoms with Gasteiger partial charge in [0, 0.05) is 11.6 Å². The first-order chi connectivity index (χ1) is 12.5. The maximum atomic E-state index is 12.3. The SMILES string of the molecule is CCOc1cc(C=O)ccc1O[C@H](C)C(=O)Nc1ccccc1[N+](=O)[O-]. The van der Waals surface area contributed by atoms with Gasteiger partial charge < -0.3 is 14.8 Å². The number of nitro groups is 1. The summed E-state index contributed by atoms with van der Waals surface area (Å²) in [5, 5.41) is 13.5. The van der Waals surface area contributed by atoms with Gasteiger partial charge >= 0.3 is 0 Å². The van der Waals surface area contributed by atoms with Gasteiger partial charge in [0.2, 0.25) is 0 Å². The molecule has 136 valence electrons. The molecule has 0 aromatic heterocycles. The molecule has 2 rings (SSSR count). The number of hydrogen-bond donors (Lipinski definition) is 1. The van der Waals surface area contributed by atoms with E-state index in [1.807, 2.05) is 0 Å². The van der Waals surface area contributed by atoms with E-state index in [0.29, 0.717) is 30.0 Å². The number of ether oxygens (including phenoxy) is 2. The smallest absolute Gasteiger partial charge is 0.292 e. The average Bonchev–Trinajstić information content (AvgIpc) is 2.63. The highest BCUT2D eigenvalue weighted by atomic mass is 16.6. The number of aldehydes is 1. The van der Waals surface area contributed by atoms with E-state index < -0.39 is 16.9 Å². The highest BCUT2D eigenvalue weighted by molar-refractivity contribution is 5.96. The van der Waals surface area contributed by atoms with Crippen LogP contribution in [0.5, 0.6) is 11.5 Å². The molecule has 8 heteroatoms. The third-order valence-electron chi connectivity index (χ3n) is 3.44. The van der Waals surface area contributed by atoms with Crippen molar-refractivity contribution < 1.29 is 24.0 Å². The molecular weight excluding hydrogens is 340 g/mol. The second-order valence-corrected chi connectivity index (χ2v) is 5.28. The lowest BCUT2D eigenvalue weighted by Crippen LogP contribution is -2.30.